The number of nitrogens with one attached hydrogen (secondary N) is 1. The van der Waals surface area contributed by atoms with Crippen molar-refractivity contribution in [2.45, 2.75) is 64.1 Å². The second-order valence-corrected chi connectivity index (χ2v) is 8.36. The molecule has 0 amide bonds. The summed E-state index contributed by atoms with van der Waals surface area (Å²) in [5.74, 6) is 2.82. The molecular weight excluding hydrogens is 481 g/mol. The minimum absolute atomic E-state index is 0. The van der Waals surface area contributed by atoms with Gasteiger partial charge in [0.05, 0.1) is 6.10 Å². The van der Waals surface area contributed by atoms with Crippen molar-refractivity contribution in [2.24, 2.45) is 12.0 Å². The molecule has 0 bridgehead atoms. The monoisotopic (exact) mass is 517 g/mol. The molecular formula is C20H36IN7O. The number of aliphatic imine (C=N–C) groups is 1. The number of likely N-dealkylation sites (tertiary alicyclic amines) is 2. The molecule has 4 rings (SSSR count). The van der Waals surface area contributed by atoms with E-state index in [1.165, 1.54) is 38.8 Å². The summed E-state index contributed by atoms with van der Waals surface area (Å²) in [6.45, 7) is 8.89. The molecule has 3 fully saturated rings. The molecule has 1 aromatic heterocycles. The van der Waals surface area contributed by atoms with Gasteiger partial charge in [0.25, 0.3) is 0 Å². The lowest BCUT2D eigenvalue weighted by Gasteiger charge is -2.32. The Bertz CT molecular complexity index is 668. The fourth-order valence-electron chi connectivity index (χ4n) is 4.53. The highest BCUT2D eigenvalue weighted by Gasteiger charge is 2.30. The zero-order valence-electron chi connectivity index (χ0n) is 17.8. The van der Waals surface area contributed by atoms with Crippen molar-refractivity contribution in [3.63, 3.8) is 0 Å². The van der Waals surface area contributed by atoms with E-state index in [1.807, 2.05) is 18.5 Å². The van der Waals surface area contributed by atoms with Crippen LogP contribution >= 0.6 is 24.0 Å². The summed E-state index contributed by atoms with van der Waals surface area (Å²) in [5.41, 5.74) is 0. The predicted molar refractivity (Wildman–Crippen MR) is 125 cm³/mol. The first kappa shape index (κ1) is 22.7. The Labute approximate surface area is 191 Å². The third kappa shape index (κ3) is 5.81. The van der Waals surface area contributed by atoms with Gasteiger partial charge in [-0.05, 0) is 52.1 Å². The van der Waals surface area contributed by atoms with Crippen molar-refractivity contribution in [2.75, 3.05) is 39.3 Å². The van der Waals surface area contributed by atoms with Gasteiger partial charge >= 0.3 is 0 Å². The van der Waals surface area contributed by atoms with Gasteiger partial charge < -0.3 is 19.5 Å². The Hall–Kier alpha value is -0.940. The number of rotatable bonds is 5. The van der Waals surface area contributed by atoms with Crippen LogP contribution in [0.5, 0.6) is 0 Å². The first-order valence-corrected chi connectivity index (χ1v) is 10.9. The van der Waals surface area contributed by atoms with Crippen LogP contribution in [0, 0.1) is 6.92 Å². The van der Waals surface area contributed by atoms with Gasteiger partial charge in [-0.25, -0.2) is 4.99 Å². The number of hydrogen-bond donors (Lipinski definition) is 1. The van der Waals surface area contributed by atoms with Crippen molar-refractivity contribution >= 4 is 29.9 Å². The molecule has 3 aliphatic heterocycles. The molecule has 9 heteroatoms. The number of piperidine rings is 1. The molecule has 3 aliphatic rings. The van der Waals surface area contributed by atoms with Crippen LogP contribution in [-0.4, -0.2) is 82.0 Å². The molecule has 164 valence electrons. The summed E-state index contributed by atoms with van der Waals surface area (Å²) in [6, 6.07) is 0.659. The Balaban J connectivity index is 0.00000240. The van der Waals surface area contributed by atoms with Gasteiger partial charge in [-0.1, -0.05) is 6.42 Å². The van der Waals surface area contributed by atoms with Gasteiger partial charge in [0, 0.05) is 39.3 Å². The van der Waals surface area contributed by atoms with E-state index in [-0.39, 0.29) is 24.0 Å². The molecule has 8 nitrogen and oxygen atoms in total. The molecule has 4 heterocycles. The predicted octanol–water partition coefficient (Wildman–Crippen LogP) is 1.93. The number of ether oxygens (including phenoxy) is 1. The summed E-state index contributed by atoms with van der Waals surface area (Å²) >= 11 is 0. The topological polar surface area (TPSA) is 70.8 Å². The number of nitrogens with zero attached hydrogens (tertiary/aromatic N) is 6. The van der Waals surface area contributed by atoms with Crippen molar-refractivity contribution in [3.8, 4) is 0 Å². The highest BCUT2D eigenvalue weighted by molar-refractivity contribution is 14.0. The zero-order valence-corrected chi connectivity index (χ0v) is 20.2. The van der Waals surface area contributed by atoms with E-state index in [4.69, 9.17) is 9.73 Å². The van der Waals surface area contributed by atoms with Gasteiger partial charge in [-0.3, -0.25) is 4.90 Å². The highest BCUT2D eigenvalue weighted by atomic mass is 127. The molecule has 0 radical (unpaired) electrons. The molecule has 29 heavy (non-hydrogen) atoms. The lowest BCUT2D eigenvalue weighted by Crippen LogP contribution is -2.46. The first-order valence-electron chi connectivity index (χ1n) is 10.9. The summed E-state index contributed by atoms with van der Waals surface area (Å²) in [4.78, 5) is 10.0. The number of guanidine groups is 1. The van der Waals surface area contributed by atoms with Crippen molar-refractivity contribution in [3.05, 3.63) is 11.6 Å². The lowest BCUT2D eigenvalue weighted by atomic mass is 10.1. The Morgan fingerprint density at radius 3 is 2.66 bits per heavy atom. The third-order valence-corrected chi connectivity index (χ3v) is 6.43. The van der Waals surface area contributed by atoms with Crippen LogP contribution in [0.25, 0.3) is 0 Å². The highest BCUT2D eigenvalue weighted by Crippen LogP contribution is 2.20. The van der Waals surface area contributed by atoms with E-state index >= 15 is 0 Å². The molecule has 0 spiro atoms. The van der Waals surface area contributed by atoms with Crippen molar-refractivity contribution in [1.82, 2.24) is 29.9 Å². The molecule has 2 unspecified atom stereocenters. The molecule has 1 N–H and O–H groups in total. The van der Waals surface area contributed by atoms with E-state index in [1.54, 1.807) is 0 Å². The number of halogens is 1. The Kier molecular flexibility index (Phi) is 8.55. The number of aromatic nitrogens is 3. The van der Waals surface area contributed by atoms with Gasteiger partial charge in [0.15, 0.2) is 11.8 Å². The lowest BCUT2D eigenvalue weighted by molar-refractivity contribution is 0.113. The average Bonchev–Trinajstić information content (AvgIpc) is 3.47. The summed E-state index contributed by atoms with van der Waals surface area (Å²) < 4.78 is 7.81. The molecule has 0 saturated carbocycles. The van der Waals surface area contributed by atoms with Gasteiger partial charge in [0.2, 0.25) is 0 Å². The normalized spacial score (nSPS) is 26.0. The smallest absolute Gasteiger partial charge is 0.194 e. The van der Waals surface area contributed by atoms with Crippen LogP contribution in [0.15, 0.2) is 4.99 Å². The van der Waals surface area contributed by atoms with E-state index in [2.05, 4.69) is 25.3 Å². The Morgan fingerprint density at radius 2 is 1.97 bits per heavy atom. The fraction of sp³-hybridized carbons (Fsp3) is 0.850. The molecule has 0 aliphatic carbocycles. The van der Waals surface area contributed by atoms with E-state index in [0.29, 0.717) is 18.7 Å². The van der Waals surface area contributed by atoms with Crippen LogP contribution in [-0.2, 0) is 18.3 Å². The minimum atomic E-state index is 0. The molecule has 2 atom stereocenters. The van der Waals surface area contributed by atoms with Crippen LogP contribution in [0.4, 0.5) is 0 Å². The maximum atomic E-state index is 5.80. The summed E-state index contributed by atoms with van der Waals surface area (Å²) in [7, 11) is 2.00. The van der Waals surface area contributed by atoms with Crippen LogP contribution in [0.3, 0.4) is 0 Å². The van der Waals surface area contributed by atoms with E-state index in [9.17, 15) is 0 Å². The fourth-order valence-corrected chi connectivity index (χ4v) is 4.53. The molecule has 3 saturated heterocycles. The van der Waals surface area contributed by atoms with Crippen LogP contribution in [0.2, 0.25) is 0 Å². The number of hydrogen-bond acceptors (Lipinski definition) is 5. The Morgan fingerprint density at radius 1 is 1.14 bits per heavy atom. The van der Waals surface area contributed by atoms with E-state index < -0.39 is 0 Å². The van der Waals surface area contributed by atoms with Crippen molar-refractivity contribution in [1.29, 1.82) is 0 Å². The average molecular weight is 517 g/mol. The molecule has 1 aromatic rings. The second kappa shape index (κ2) is 10.9. The van der Waals surface area contributed by atoms with Crippen LogP contribution in [0.1, 0.15) is 50.2 Å². The molecule has 0 aromatic carbocycles. The minimum Gasteiger partial charge on any atom is -0.376 e. The SMILES string of the molecule is Cc1nnc(CN=C(NCC2CCCO2)N2CCC(N3CCCCC3)C2)n1C.I. The van der Waals surface area contributed by atoms with Gasteiger partial charge in [-0.2, -0.15) is 0 Å². The quantitative estimate of drug-likeness (QED) is 0.366. The van der Waals surface area contributed by atoms with E-state index in [0.717, 1.165) is 56.7 Å². The maximum absolute atomic E-state index is 5.80. The third-order valence-electron chi connectivity index (χ3n) is 6.43. The maximum Gasteiger partial charge on any atom is 0.194 e. The summed E-state index contributed by atoms with van der Waals surface area (Å²) in [6.07, 6.45) is 7.92. The van der Waals surface area contributed by atoms with Gasteiger partial charge in [-0.15, -0.1) is 34.2 Å². The second-order valence-electron chi connectivity index (χ2n) is 8.36. The largest absolute Gasteiger partial charge is 0.376 e. The summed E-state index contributed by atoms with van der Waals surface area (Å²) in [5, 5.41) is 12.0. The van der Waals surface area contributed by atoms with Crippen molar-refractivity contribution < 1.29 is 4.74 Å². The number of aryl methyl sites for hydroxylation is 1. The van der Waals surface area contributed by atoms with Gasteiger partial charge in [0.1, 0.15) is 12.4 Å². The van der Waals surface area contributed by atoms with Crippen LogP contribution < -0.4 is 5.32 Å². The zero-order chi connectivity index (χ0) is 19.3. The first-order chi connectivity index (χ1) is 13.7. The standard InChI is InChI=1S/C20H35N7O.HI/c1-16-23-24-19(25(16)2)14-22-20(21-13-18-7-6-12-28-18)27-11-8-17(15-27)26-9-4-3-5-10-26;/h17-18H,3-15H2,1-2H3,(H,21,22);1H.